The molecular weight excluding hydrogens is 178 g/mol. The van der Waals surface area contributed by atoms with Crippen molar-refractivity contribution in [3.8, 4) is 0 Å². The van der Waals surface area contributed by atoms with Crippen LogP contribution in [-0.4, -0.2) is 17.1 Å². The zero-order valence-electron chi connectivity index (χ0n) is 8.66. The number of nitrogens with one attached hydrogen (secondary N) is 1. The first-order valence-electron chi connectivity index (χ1n) is 4.56. The Morgan fingerprint density at radius 3 is 2.21 bits per heavy atom. The third kappa shape index (κ3) is 2.76. The Balaban J connectivity index is 2.81. The van der Waals surface area contributed by atoms with Crippen molar-refractivity contribution in [2.75, 3.05) is 5.32 Å². The minimum Gasteiger partial charge on any atom is -0.480 e. The number of hydrogen-bond acceptors (Lipinski definition) is 2. The maximum Gasteiger partial charge on any atom is 0.325 e. The van der Waals surface area contributed by atoms with E-state index in [1.807, 2.05) is 26.0 Å². The SMILES string of the molecule is Cc1cc(C)cc(N[C@@H](C)C(=O)O)c1. The van der Waals surface area contributed by atoms with E-state index in [-0.39, 0.29) is 0 Å². The van der Waals surface area contributed by atoms with Gasteiger partial charge >= 0.3 is 5.97 Å². The Bertz CT molecular complexity index is 327. The predicted molar refractivity (Wildman–Crippen MR) is 56.6 cm³/mol. The molecule has 1 aromatic carbocycles. The number of carbonyl (C=O) groups is 1. The van der Waals surface area contributed by atoms with E-state index in [9.17, 15) is 4.79 Å². The number of carboxylic acid groups (broad SMARTS) is 1. The molecule has 0 aliphatic carbocycles. The summed E-state index contributed by atoms with van der Waals surface area (Å²) in [6, 6.07) is 5.37. The van der Waals surface area contributed by atoms with Crippen molar-refractivity contribution in [2.24, 2.45) is 0 Å². The normalized spacial score (nSPS) is 12.2. The van der Waals surface area contributed by atoms with Crippen molar-refractivity contribution < 1.29 is 9.90 Å². The fourth-order valence-corrected chi connectivity index (χ4v) is 1.37. The van der Waals surface area contributed by atoms with Crippen molar-refractivity contribution >= 4 is 11.7 Å². The predicted octanol–water partition coefficient (Wildman–Crippen LogP) is 2.19. The van der Waals surface area contributed by atoms with Gasteiger partial charge in [-0.3, -0.25) is 4.79 Å². The molecule has 0 heterocycles. The Morgan fingerprint density at radius 1 is 1.29 bits per heavy atom. The van der Waals surface area contributed by atoms with Gasteiger partial charge in [-0.05, 0) is 44.0 Å². The molecule has 3 heteroatoms. The van der Waals surface area contributed by atoms with Crippen LogP contribution < -0.4 is 5.32 Å². The van der Waals surface area contributed by atoms with Crippen LogP contribution in [0.3, 0.4) is 0 Å². The minimum absolute atomic E-state index is 0.559. The number of hydrogen-bond donors (Lipinski definition) is 2. The Hall–Kier alpha value is -1.51. The summed E-state index contributed by atoms with van der Waals surface area (Å²) < 4.78 is 0. The summed E-state index contributed by atoms with van der Waals surface area (Å²) >= 11 is 0. The summed E-state index contributed by atoms with van der Waals surface area (Å²) in [7, 11) is 0. The van der Waals surface area contributed by atoms with Gasteiger partial charge in [-0.2, -0.15) is 0 Å². The van der Waals surface area contributed by atoms with Crippen LogP contribution in [-0.2, 0) is 4.79 Å². The molecule has 3 nitrogen and oxygen atoms in total. The third-order valence-corrected chi connectivity index (χ3v) is 1.98. The van der Waals surface area contributed by atoms with Gasteiger partial charge in [-0.15, -0.1) is 0 Å². The summed E-state index contributed by atoms with van der Waals surface area (Å²) in [5, 5.41) is 11.6. The molecule has 0 radical (unpaired) electrons. The lowest BCUT2D eigenvalue weighted by molar-refractivity contribution is -0.137. The van der Waals surface area contributed by atoms with Gasteiger partial charge < -0.3 is 10.4 Å². The zero-order valence-corrected chi connectivity index (χ0v) is 8.66. The van der Waals surface area contributed by atoms with Gasteiger partial charge in [0.1, 0.15) is 6.04 Å². The van der Waals surface area contributed by atoms with Crippen LogP contribution >= 0.6 is 0 Å². The van der Waals surface area contributed by atoms with E-state index in [2.05, 4.69) is 11.4 Å². The molecule has 14 heavy (non-hydrogen) atoms. The van der Waals surface area contributed by atoms with E-state index in [0.29, 0.717) is 0 Å². The monoisotopic (exact) mass is 193 g/mol. The summed E-state index contributed by atoms with van der Waals surface area (Å²) in [6.07, 6.45) is 0. The highest BCUT2D eigenvalue weighted by atomic mass is 16.4. The molecule has 0 amide bonds. The maximum atomic E-state index is 10.6. The molecule has 0 saturated carbocycles. The largest absolute Gasteiger partial charge is 0.480 e. The van der Waals surface area contributed by atoms with Crippen LogP contribution in [0.1, 0.15) is 18.1 Å². The molecule has 0 fully saturated rings. The lowest BCUT2D eigenvalue weighted by atomic mass is 10.1. The summed E-state index contributed by atoms with van der Waals surface area (Å²) in [5.74, 6) is -0.843. The molecule has 0 aliphatic rings. The summed E-state index contributed by atoms with van der Waals surface area (Å²) in [6.45, 7) is 5.60. The fraction of sp³-hybridized carbons (Fsp3) is 0.364. The fourth-order valence-electron chi connectivity index (χ4n) is 1.37. The number of anilines is 1. The van der Waals surface area contributed by atoms with Crippen molar-refractivity contribution in [3.63, 3.8) is 0 Å². The average molecular weight is 193 g/mol. The first kappa shape index (κ1) is 10.6. The molecule has 76 valence electrons. The average Bonchev–Trinajstić information content (AvgIpc) is 2.01. The van der Waals surface area contributed by atoms with E-state index < -0.39 is 12.0 Å². The number of carboxylic acids is 1. The van der Waals surface area contributed by atoms with Gasteiger partial charge in [0.2, 0.25) is 0 Å². The van der Waals surface area contributed by atoms with E-state index in [0.717, 1.165) is 16.8 Å². The number of rotatable bonds is 3. The van der Waals surface area contributed by atoms with Crippen LogP contribution in [0.25, 0.3) is 0 Å². The van der Waals surface area contributed by atoms with E-state index in [1.165, 1.54) is 0 Å². The number of aliphatic carboxylic acids is 1. The van der Waals surface area contributed by atoms with E-state index in [1.54, 1.807) is 6.92 Å². The number of benzene rings is 1. The number of aryl methyl sites for hydroxylation is 2. The van der Waals surface area contributed by atoms with Gasteiger partial charge in [0.05, 0.1) is 0 Å². The van der Waals surface area contributed by atoms with Gasteiger partial charge in [0.15, 0.2) is 0 Å². The molecule has 1 rings (SSSR count). The molecule has 0 aliphatic heterocycles. The Labute approximate surface area is 83.8 Å². The highest BCUT2D eigenvalue weighted by Crippen LogP contribution is 2.14. The third-order valence-electron chi connectivity index (χ3n) is 1.98. The van der Waals surface area contributed by atoms with Crippen LogP contribution in [0.5, 0.6) is 0 Å². The smallest absolute Gasteiger partial charge is 0.325 e. The molecule has 1 aromatic rings. The molecule has 0 bridgehead atoms. The topological polar surface area (TPSA) is 49.3 Å². The van der Waals surface area contributed by atoms with Crippen LogP contribution in [0.15, 0.2) is 18.2 Å². The summed E-state index contributed by atoms with van der Waals surface area (Å²) in [5.41, 5.74) is 3.12. The maximum absolute atomic E-state index is 10.6. The molecular formula is C11H15NO2. The second-order valence-electron chi connectivity index (χ2n) is 3.58. The highest BCUT2D eigenvalue weighted by molar-refractivity contribution is 5.76. The first-order chi connectivity index (χ1) is 6.49. The van der Waals surface area contributed by atoms with Crippen LogP contribution in [0.4, 0.5) is 5.69 Å². The van der Waals surface area contributed by atoms with Gasteiger partial charge in [0.25, 0.3) is 0 Å². The first-order valence-corrected chi connectivity index (χ1v) is 4.56. The van der Waals surface area contributed by atoms with Crippen molar-refractivity contribution in [2.45, 2.75) is 26.8 Å². The van der Waals surface area contributed by atoms with Crippen LogP contribution in [0.2, 0.25) is 0 Å². The standard InChI is InChI=1S/C11H15NO2/c1-7-4-8(2)6-10(5-7)12-9(3)11(13)14/h4-6,9,12H,1-3H3,(H,13,14)/t9-/m0/s1. The second kappa shape index (κ2) is 4.13. The molecule has 0 spiro atoms. The molecule has 0 aromatic heterocycles. The lowest BCUT2D eigenvalue weighted by Gasteiger charge is -2.11. The molecule has 0 unspecified atom stereocenters. The quantitative estimate of drug-likeness (QED) is 0.773. The van der Waals surface area contributed by atoms with Gasteiger partial charge in [0, 0.05) is 5.69 Å². The van der Waals surface area contributed by atoms with Crippen molar-refractivity contribution in [3.05, 3.63) is 29.3 Å². The van der Waals surface area contributed by atoms with Gasteiger partial charge in [-0.1, -0.05) is 6.07 Å². The zero-order chi connectivity index (χ0) is 10.7. The van der Waals surface area contributed by atoms with Crippen molar-refractivity contribution in [1.82, 2.24) is 0 Å². The van der Waals surface area contributed by atoms with Gasteiger partial charge in [-0.25, -0.2) is 0 Å². The minimum atomic E-state index is -0.843. The van der Waals surface area contributed by atoms with E-state index >= 15 is 0 Å². The molecule has 0 saturated heterocycles. The molecule has 2 N–H and O–H groups in total. The second-order valence-corrected chi connectivity index (χ2v) is 3.58. The van der Waals surface area contributed by atoms with E-state index in [4.69, 9.17) is 5.11 Å². The lowest BCUT2D eigenvalue weighted by Crippen LogP contribution is -2.25. The highest BCUT2D eigenvalue weighted by Gasteiger charge is 2.09. The van der Waals surface area contributed by atoms with Crippen molar-refractivity contribution in [1.29, 1.82) is 0 Å². The summed E-state index contributed by atoms with van der Waals surface area (Å²) in [4.78, 5) is 10.6. The Kier molecular flexibility index (Phi) is 3.12. The van der Waals surface area contributed by atoms with Crippen LogP contribution in [0, 0.1) is 13.8 Å². The Morgan fingerprint density at radius 2 is 1.79 bits per heavy atom. The molecule has 1 atom stereocenters.